The molecule has 3 rings (SSSR count). The Hall–Kier alpha value is -2.20. The standard InChI is InChI=1S/C16H16O4/c17-11-6-7-14-13(10-11)16(18)15(8-9-19-14)20-12-4-2-1-3-5-12/h1-7,10,15-18H,8-9H2/t15-,16-/m1/s1. The van der Waals surface area contributed by atoms with Crippen LogP contribution in [0.4, 0.5) is 0 Å². The molecule has 2 atom stereocenters. The Labute approximate surface area is 117 Å². The van der Waals surface area contributed by atoms with Gasteiger partial charge in [0.15, 0.2) is 0 Å². The number of aliphatic hydroxyl groups is 1. The molecule has 0 saturated carbocycles. The summed E-state index contributed by atoms with van der Waals surface area (Å²) in [6.07, 6.45) is -0.661. The predicted molar refractivity (Wildman–Crippen MR) is 74.0 cm³/mol. The van der Waals surface area contributed by atoms with Gasteiger partial charge in [0.1, 0.15) is 29.5 Å². The fraction of sp³-hybridized carbons (Fsp3) is 0.250. The molecule has 2 aromatic rings. The van der Waals surface area contributed by atoms with Crippen LogP contribution in [-0.2, 0) is 0 Å². The van der Waals surface area contributed by atoms with Gasteiger partial charge in [0.2, 0.25) is 0 Å². The number of hydrogen-bond donors (Lipinski definition) is 2. The summed E-state index contributed by atoms with van der Waals surface area (Å²) >= 11 is 0. The Morgan fingerprint density at radius 2 is 1.90 bits per heavy atom. The van der Waals surface area contributed by atoms with Gasteiger partial charge in [0, 0.05) is 12.0 Å². The molecule has 0 bridgehead atoms. The molecule has 0 fully saturated rings. The maximum absolute atomic E-state index is 10.5. The average molecular weight is 272 g/mol. The van der Waals surface area contributed by atoms with Crippen molar-refractivity contribution in [1.29, 1.82) is 0 Å². The zero-order valence-corrected chi connectivity index (χ0v) is 10.9. The Kier molecular flexibility index (Phi) is 3.48. The van der Waals surface area contributed by atoms with Crippen molar-refractivity contribution in [2.45, 2.75) is 18.6 Å². The summed E-state index contributed by atoms with van der Waals surface area (Å²) in [6, 6.07) is 14.1. The third-order valence-electron chi connectivity index (χ3n) is 3.35. The van der Waals surface area contributed by atoms with E-state index >= 15 is 0 Å². The third-order valence-corrected chi connectivity index (χ3v) is 3.35. The molecule has 4 heteroatoms. The molecule has 0 radical (unpaired) electrons. The van der Waals surface area contributed by atoms with Crippen molar-refractivity contribution in [3.05, 3.63) is 54.1 Å². The monoisotopic (exact) mass is 272 g/mol. The first-order chi connectivity index (χ1) is 9.74. The van der Waals surface area contributed by atoms with Crippen LogP contribution in [0.15, 0.2) is 48.5 Å². The number of aliphatic hydroxyl groups excluding tert-OH is 1. The highest BCUT2D eigenvalue weighted by Crippen LogP contribution is 2.35. The molecule has 0 aromatic heterocycles. The van der Waals surface area contributed by atoms with Gasteiger partial charge < -0.3 is 19.7 Å². The van der Waals surface area contributed by atoms with E-state index in [1.54, 1.807) is 12.1 Å². The normalized spacial score (nSPS) is 21.4. The predicted octanol–water partition coefficient (Wildman–Crippen LogP) is 2.66. The Balaban J connectivity index is 1.86. The molecule has 0 saturated heterocycles. The van der Waals surface area contributed by atoms with Crippen LogP contribution in [0.2, 0.25) is 0 Å². The van der Waals surface area contributed by atoms with Crippen molar-refractivity contribution >= 4 is 0 Å². The van der Waals surface area contributed by atoms with Crippen LogP contribution < -0.4 is 9.47 Å². The minimum Gasteiger partial charge on any atom is -0.508 e. The van der Waals surface area contributed by atoms with Gasteiger partial charge >= 0.3 is 0 Å². The van der Waals surface area contributed by atoms with Crippen molar-refractivity contribution in [2.75, 3.05) is 6.61 Å². The summed E-state index contributed by atoms with van der Waals surface area (Å²) in [5.41, 5.74) is 0.559. The summed E-state index contributed by atoms with van der Waals surface area (Å²) < 4.78 is 11.4. The largest absolute Gasteiger partial charge is 0.508 e. The van der Waals surface area contributed by atoms with Crippen molar-refractivity contribution in [2.24, 2.45) is 0 Å². The maximum atomic E-state index is 10.5. The molecule has 0 spiro atoms. The van der Waals surface area contributed by atoms with Crippen LogP contribution in [-0.4, -0.2) is 22.9 Å². The van der Waals surface area contributed by atoms with Crippen LogP contribution >= 0.6 is 0 Å². The number of fused-ring (bicyclic) bond motifs is 1. The zero-order valence-electron chi connectivity index (χ0n) is 10.9. The highest BCUT2D eigenvalue weighted by Gasteiger charge is 2.29. The highest BCUT2D eigenvalue weighted by atomic mass is 16.5. The molecule has 0 aliphatic carbocycles. The SMILES string of the molecule is Oc1ccc2c(c1)[C@@H](O)[C@H](Oc1ccccc1)CCO2. The second-order valence-corrected chi connectivity index (χ2v) is 4.77. The molecule has 0 amide bonds. The number of ether oxygens (including phenoxy) is 2. The van der Waals surface area contributed by atoms with Gasteiger partial charge in [-0.2, -0.15) is 0 Å². The van der Waals surface area contributed by atoms with E-state index < -0.39 is 12.2 Å². The summed E-state index contributed by atoms with van der Waals surface area (Å²) in [6.45, 7) is 0.465. The quantitative estimate of drug-likeness (QED) is 0.882. The first kappa shape index (κ1) is 12.8. The van der Waals surface area contributed by atoms with E-state index in [4.69, 9.17) is 9.47 Å². The van der Waals surface area contributed by atoms with Gasteiger partial charge in [0.25, 0.3) is 0 Å². The number of phenols is 1. The van der Waals surface area contributed by atoms with E-state index in [0.29, 0.717) is 30.1 Å². The van der Waals surface area contributed by atoms with E-state index in [0.717, 1.165) is 0 Å². The number of hydrogen-bond acceptors (Lipinski definition) is 4. The lowest BCUT2D eigenvalue weighted by atomic mass is 10.0. The molecule has 0 unspecified atom stereocenters. The van der Waals surface area contributed by atoms with Crippen LogP contribution in [0.1, 0.15) is 18.1 Å². The molecule has 4 nitrogen and oxygen atoms in total. The molecule has 20 heavy (non-hydrogen) atoms. The minimum absolute atomic E-state index is 0.103. The van der Waals surface area contributed by atoms with E-state index in [1.165, 1.54) is 6.07 Å². The van der Waals surface area contributed by atoms with Crippen LogP contribution in [0.25, 0.3) is 0 Å². The van der Waals surface area contributed by atoms with E-state index in [-0.39, 0.29) is 5.75 Å². The van der Waals surface area contributed by atoms with Gasteiger partial charge in [-0.25, -0.2) is 0 Å². The Bertz CT molecular complexity index is 582. The number of para-hydroxylation sites is 1. The maximum Gasteiger partial charge on any atom is 0.132 e. The van der Waals surface area contributed by atoms with Crippen molar-refractivity contribution in [1.82, 2.24) is 0 Å². The van der Waals surface area contributed by atoms with Crippen molar-refractivity contribution < 1.29 is 19.7 Å². The van der Waals surface area contributed by atoms with Gasteiger partial charge in [-0.1, -0.05) is 18.2 Å². The molecular formula is C16H16O4. The molecule has 2 N–H and O–H groups in total. The average Bonchev–Trinajstić information content (AvgIpc) is 2.61. The number of rotatable bonds is 2. The lowest BCUT2D eigenvalue weighted by Crippen LogP contribution is -2.25. The zero-order chi connectivity index (χ0) is 13.9. The molecule has 1 aliphatic heterocycles. The molecule has 2 aromatic carbocycles. The molecule has 1 heterocycles. The first-order valence-electron chi connectivity index (χ1n) is 6.59. The molecular weight excluding hydrogens is 256 g/mol. The highest BCUT2D eigenvalue weighted by molar-refractivity contribution is 5.42. The van der Waals surface area contributed by atoms with Crippen LogP contribution in [0.5, 0.6) is 17.2 Å². The van der Waals surface area contributed by atoms with Crippen molar-refractivity contribution in [3.8, 4) is 17.2 Å². The van der Waals surface area contributed by atoms with Crippen molar-refractivity contribution in [3.63, 3.8) is 0 Å². The second kappa shape index (κ2) is 5.43. The molecule has 104 valence electrons. The second-order valence-electron chi connectivity index (χ2n) is 4.77. The number of aromatic hydroxyl groups is 1. The third kappa shape index (κ3) is 2.56. The summed E-state index contributed by atoms with van der Waals surface area (Å²) in [7, 11) is 0. The van der Waals surface area contributed by atoms with Crippen LogP contribution in [0, 0.1) is 0 Å². The van der Waals surface area contributed by atoms with Crippen LogP contribution in [0.3, 0.4) is 0 Å². The van der Waals surface area contributed by atoms with Gasteiger partial charge in [0.05, 0.1) is 6.61 Å². The van der Waals surface area contributed by atoms with E-state index in [9.17, 15) is 10.2 Å². The number of benzene rings is 2. The number of phenolic OH excluding ortho intramolecular Hbond substituents is 1. The topological polar surface area (TPSA) is 58.9 Å². The smallest absolute Gasteiger partial charge is 0.132 e. The molecule has 1 aliphatic rings. The summed E-state index contributed by atoms with van der Waals surface area (Å²) in [5, 5.41) is 20.0. The summed E-state index contributed by atoms with van der Waals surface area (Å²) in [5.74, 6) is 1.40. The minimum atomic E-state index is -0.834. The fourth-order valence-electron chi connectivity index (χ4n) is 2.34. The Morgan fingerprint density at radius 3 is 2.70 bits per heavy atom. The van der Waals surface area contributed by atoms with Gasteiger partial charge in [-0.15, -0.1) is 0 Å². The van der Waals surface area contributed by atoms with Gasteiger partial charge in [-0.3, -0.25) is 0 Å². The van der Waals surface area contributed by atoms with Gasteiger partial charge in [-0.05, 0) is 30.3 Å². The first-order valence-corrected chi connectivity index (χ1v) is 6.59. The van der Waals surface area contributed by atoms with E-state index in [1.807, 2.05) is 30.3 Å². The Morgan fingerprint density at radius 1 is 1.10 bits per heavy atom. The summed E-state index contributed by atoms with van der Waals surface area (Å²) in [4.78, 5) is 0. The fourth-order valence-corrected chi connectivity index (χ4v) is 2.34. The van der Waals surface area contributed by atoms with E-state index in [2.05, 4.69) is 0 Å². The lowest BCUT2D eigenvalue weighted by molar-refractivity contribution is 0.0312. The lowest BCUT2D eigenvalue weighted by Gasteiger charge is -2.22.